The molecule has 1 saturated carbocycles. The van der Waals surface area contributed by atoms with Gasteiger partial charge >= 0.3 is 0 Å². The minimum absolute atomic E-state index is 1.00. The molecule has 0 aromatic heterocycles. The van der Waals surface area contributed by atoms with E-state index in [1.54, 1.807) is 0 Å². The van der Waals surface area contributed by atoms with Gasteiger partial charge in [-0.15, -0.1) is 0 Å². The smallest absolute Gasteiger partial charge is 0.0355 e. The maximum atomic E-state index is 2.47. The second-order valence-electron chi connectivity index (χ2n) is 5.33. The Morgan fingerprint density at radius 1 is 0.714 bits per heavy atom. The summed E-state index contributed by atoms with van der Waals surface area (Å²) in [6.07, 6.45) is 8.64. The molecule has 0 nitrogen and oxygen atoms in total. The predicted octanol–water partition coefficient (Wildman–Crippen LogP) is 4.89. The van der Waals surface area contributed by atoms with Gasteiger partial charge in [-0.2, -0.15) is 0 Å². The molecule has 1 rings (SSSR count). The van der Waals surface area contributed by atoms with Gasteiger partial charge in [-0.25, -0.2) is 0 Å². The van der Waals surface area contributed by atoms with E-state index in [0.717, 1.165) is 23.7 Å². The lowest BCUT2D eigenvalue weighted by Crippen LogP contribution is -2.43. The van der Waals surface area contributed by atoms with Crippen molar-refractivity contribution in [2.75, 3.05) is 0 Å². The molecule has 1 aliphatic carbocycles. The van der Waals surface area contributed by atoms with Crippen LogP contribution in [0.1, 0.15) is 66.2 Å². The highest BCUT2D eigenvalue weighted by molar-refractivity contribution is 4.91. The molecule has 0 N–H and O–H groups in total. The summed E-state index contributed by atoms with van der Waals surface area (Å²) < 4.78 is 0. The zero-order chi connectivity index (χ0) is 10.6. The first-order valence-electron chi connectivity index (χ1n) is 6.72. The highest BCUT2D eigenvalue weighted by Gasteiger charge is 2.43. The summed E-state index contributed by atoms with van der Waals surface area (Å²) in [6, 6.07) is 0. The van der Waals surface area contributed by atoms with Crippen molar-refractivity contribution in [1.29, 1.82) is 0 Å². The van der Waals surface area contributed by atoms with Crippen LogP contribution in [0.5, 0.6) is 0 Å². The summed E-state index contributed by atoms with van der Waals surface area (Å²) in [6.45, 7) is 9.56. The Bertz CT molecular complexity index is 132. The quantitative estimate of drug-likeness (QED) is 0.567. The van der Waals surface area contributed by atoms with Crippen molar-refractivity contribution in [3.05, 3.63) is 0 Å². The summed E-state index contributed by atoms with van der Waals surface area (Å²) >= 11 is 0. The van der Waals surface area contributed by atoms with E-state index in [1.807, 2.05) is 0 Å². The first kappa shape index (κ1) is 12.1. The molecule has 1 fully saturated rings. The average Bonchev–Trinajstić information content (AvgIpc) is 2.21. The lowest BCUT2D eigenvalue weighted by Gasteiger charge is -2.50. The van der Waals surface area contributed by atoms with E-state index < -0.39 is 0 Å². The highest BCUT2D eigenvalue weighted by Crippen LogP contribution is 2.50. The third kappa shape index (κ3) is 2.52. The molecule has 0 amide bonds. The third-order valence-electron chi connectivity index (χ3n) is 4.51. The van der Waals surface area contributed by atoms with Gasteiger partial charge in [0.25, 0.3) is 0 Å². The lowest BCUT2D eigenvalue weighted by molar-refractivity contribution is -0.0120. The number of hydrogen-bond donors (Lipinski definition) is 0. The molecular formula is C14H28. The van der Waals surface area contributed by atoms with Gasteiger partial charge in [0.15, 0.2) is 0 Å². The molecule has 0 saturated heterocycles. The van der Waals surface area contributed by atoms with E-state index in [0.29, 0.717) is 0 Å². The number of hydrogen-bond acceptors (Lipinski definition) is 0. The van der Waals surface area contributed by atoms with Crippen LogP contribution in [0.25, 0.3) is 0 Å². The molecule has 0 heteroatoms. The van der Waals surface area contributed by atoms with Crippen LogP contribution in [-0.4, -0.2) is 0 Å². The average molecular weight is 196 g/mol. The van der Waals surface area contributed by atoms with Gasteiger partial charge in [-0.05, 0) is 36.5 Å². The van der Waals surface area contributed by atoms with Gasteiger partial charge in [0.1, 0.15) is 0 Å². The Hall–Kier alpha value is 0. The summed E-state index contributed by atoms with van der Waals surface area (Å²) in [4.78, 5) is 0. The van der Waals surface area contributed by atoms with E-state index in [2.05, 4.69) is 27.7 Å². The monoisotopic (exact) mass is 196 g/mol. The molecule has 0 radical (unpaired) electrons. The number of rotatable bonds is 6. The maximum absolute atomic E-state index is 2.47. The lowest BCUT2D eigenvalue weighted by atomic mass is 9.55. The predicted molar refractivity (Wildman–Crippen MR) is 64.4 cm³/mol. The summed E-state index contributed by atoms with van der Waals surface area (Å²) in [7, 11) is 0. The van der Waals surface area contributed by atoms with Crippen LogP contribution < -0.4 is 0 Å². The minimum atomic E-state index is 1.00. The Labute approximate surface area is 90.5 Å². The van der Waals surface area contributed by atoms with Crippen molar-refractivity contribution in [3.63, 3.8) is 0 Å². The fourth-order valence-corrected chi connectivity index (χ4v) is 3.25. The maximum Gasteiger partial charge on any atom is -0.0355 e. The molecular weight excluding hydrogens is 168 g/mol. The topological polar surface area (TPSA) is 0 Å². The second kappa shape index (κ2) is 5.78. The van der Waals surface area contributed by atoms with Crippen molar-refractivity contribution in [3.8, 4) is 0 Å². The zero-order valence-corrected chi connectivity index (χ0v) is 10.6. The van der Waals surface area contributed by atoms with Crippen molar-refractivity contribution >= 4 is 0 Å². The second-order valence-corrected chi connectivity index (χ2v) is 5.33. The first-order valence-corrected chi connectivity index (χ1v) is 6.72. The fraction of sp³-hybridized carbons (Fsp3) is 1.00. The van der Waals surface area contributed by atoms with E-state index in [9.17, 15) is 0 Å². The first-order chi connectivity index (χ1) is 6.72. The molecule has 0 aliphatic heterocycles. The van der Waals surface area contributed by atoms with Crippen LogP contribution in [0.2, 0.25) is 0 Å². The van der Waals surface area contributed by atoms with E-state index in [1.165, 1.54) is 38.5 Å². The van der Waals surface area contributed by atoms with Crippen molar-refractivity contribution in [2.45, 2.75) is 66.2 Å². The van der Waals surface area contributed by atoms with Crippen LogP contribution in [0.3, 0.4) is 0 Å². The Morgan fingerprint density at radius 3 is 1.36 bits per heavy atom. The Morgan fingerprint density at radius 2 is 1.07 bits per heavy atom. The fourth-order valence-electron chi connectivity index (χ4n) is 3.25. The highest BCUT2D eigenvalue weighted by atomic mass is 14.5. The molecule has 0 spiro atoms. The number of unbranched alkanes of at least 4 members (excludes halogenated alkanes) is 2. The van der Waals surface area contributed by atoms with Crippen molar-refractivity contribution in [2.24, 2.45) is 23.7 Å². The SMILES string of the molecule is CCCCC1C(C)C(C)C1CCCC. The molecule has 14 heavy (non-hydrogen) atoms. The van der Waals surface area contributed by atoms with E-state index in [-0.39, 0.29) is 0 Å². The molecule has 4 unspecified atom stereocenters. The third-order valence-corrected chi connectivity index (χ3v) is 4.51. The van der Waals surface area contributed by atoms with E-state index >= 15 is 0 Å². The van der Waals surface area contributed by atoms with Gasteiger partial charge in [0.05, 0.1) is 0 Å². The standard InChI is InChI=1S/C14H28/c1-5-7-9-13-11(3)12(4)14(13)10-8-6-2/h11-14H,5-10H2,1-4H3. The zero-order valence-electron chi connectivity index (χ0n) is 10.6. The van der Waals surface area contributed by atoms with Gasteiger partial charge in [-0.1, -0.05) is 53.4 Å². The molecule has 0 bridgehead atoms. The van der Waals surface area contributed by atoms with Gasteiger partial charge in [-0.3, -0.25) is 0 Å². The summed E-state index contributed by atoms with van der Waals surface area (Å²) in [5, 5.41) is 0. The van der Waals surface area contributed by atoms with Crippen LogP contribution in [0, 0.1) is 23.7 Å². The van der Waals surface area contributed by atoms with Crippen LogP contribution in [-0.2, 0) is 0 Å². The normalized spacial score (nSPS) is 36.9. The van der Waals surface area contributed by atoms with Gasteiger partial charge in [0, 0.05) is 0 Å². The molecule has 84 valence electrons. The van der Waals surface area contributed by atoms with Gasteiger partial charge in [0.2, 0.25) is 0 Å². The van der Waals surface area contributed by atoms with Crippen LogP contribution in [0.15, 0.2) is 0 Å². The largest absolute Gasteiger partial charge is 0.0654 e. The molecule has 0 aromatic carbocycles. The Balaban J connectivity index is 2.31. The van der Waals surface area contributed by atoms with Gasteiger partial charge < -0.3 is 0 Å². The summed E-state index contributed by atoms with van der Waals surface area (Å²) in [5.41, 5.74) is 0. The van der Waals surface area contributed by atoms with Crippen molar-refractivity contribution < 1.29 is 0 Å². The Kier molecular flexibility index (Phi) is 4.98. The molecule has 0 aromatic rings. The van der Waals surface area contributed by atoms with Crippen molar-refractivity contribution in [1.82, 2.24) is 0 Å². The minimum Gasteiger partial charge on any atom is -0.0654 e. The molecule has 4 atom stereocenters. The van der Waals surface area contributed by atoms with Crippen LogP contribution in [0.4, 0.5) is 0 Å². The molecule has 1 aliphatic rings. The summed E-state index contributed by atoms with van der Waals surface area (Å²) in [5.74, 6) is 4.14. The van der Waals surface area contributed by atoms with Crippen LogP contribution >= 0.6 is 0 Å². The van der Waals surface area contributed by atoms with E-state index in [4.69, 9.17) is 0 Å². The molecule has 0 heterocycles.